The third-order valence-electron chi connectivity index (χ3n) is 5.00. The van der Waals surface area contributed by atoms with Crippen molar-refractivity contribution in [1.82, 2.24) is 25.2 Å². The van der Waals surface area contributed by atoms with Gasteiger partial charge in [0.2, 0.25) is 5.91 Å². The van der Waals surface area contributed by atoms with E-state index in [0.717, 1.165) is 19.3 Å². The van der Waals surface area contributed by atoms with E-state index in [1.54, 1.807) is 18.0 Å². The van der Waals surface area contributed by atoms with Gasteiger partial charge in [0.15, 0.2) is 5.69 Å². The van der Waals surface area contributed by atoms with Gasteiger partial charge in [-0.15, -0.1) is 5.10 Å². The fourth-order valence-corrected chi connectivity index (χ4v) is 3.35. The predicted molar refractivity (Wildman–Crippen MR) is 104 cm³/mol. The van der Waals surface area contributed by atoms with Crippen molar-refractivity contribution < 1.29 is 14.3 Å². The lowest BCUT2D eigenvalue weighted by atomic mass is 10.0. The molecule has 0 radical (unpaired) electrons. The number of carbonyl (C=O) groups excluding carboxylic acids is 2. The Morgan fingerprint density at radius 3 is 2.68 bits per heavy atom. The Bertz CT molecular complexity index is 769. The Kier molecular flexibility index (Phi) is 7.13. The number of piperidine rings is 1. The maximum Gasteiger partial charge on any atom is 0.273 e. The molecule has 2 amide bonds. The molecule has 2 aromatic rings. The number of benzene rings is 1. The summed E-state index contributed by atoms with van der Waals surface area (Å²) >= 11 is 0. The molecule has 2 heterocycles. The van der Waals surface area contributed by atoms with Crippen LogP contribution in [0.25, 0.3) is 0 Å². The molecule has 150 valence electrons. The minimum absolute atomic E-state index is 0.159. The summed E-state index contributed by atoms with van der Waals surface area (Å²) in [5.74, 6) is -0.0593. The number of nitrogens with one attached hydrogen (secondary N) is 1. The van der Waals surface area contributed by atoms with Crippen molar-refractivity contribution >= 4 is 11.8 Å². The van der Waals surface area contributed by atoms with Crippen molar-refractivity contribution in [3.63, 3.8) is 0 Å². The van der Waals surface area contributed by atoms with Crippen molar-refractivity contribution in [1.29, 1.82) is 0 Å². The topological polar surface area (TPSA) is 89.4 Å². The quantitative estimate of drug-likeness (QED) is 0.695. The van der Waals surface area contributed by atoms with E-state index in [9.17, 15) is 9.59 Å². The maximum atomic E-state index is 12.5. The first-order valence-corrected chi connectivity index (χ1v) is 9.68. The van der Waals surface area contributed by atoms with Gasteiger partial charge in [0.25, 0.3) is 5.91 Å². The minimum atomic E-state index is -0.253. The van der Waals surface area contributed by atoms with E-state index in [0.29, 0.717) is 38.4 Å². The van der Waals surface area contributed by atoms with E-state index in [2.05, 4.69) is 15.6 Å². The zero-order valence-electron chi connectivity index (χ0n) is 16.2. The number of hydrogen-bond acceptors (Lipinski definition) is 5. The monoisotopic (exact) mass is 385 g/mol. The summed E-state index contributed by atoms with van der Waals surface area (Å²) < 4.78 is 6.66. The van der Waals surface area contributed by atoms with Gasteiger partial charge in [0.05, 0.1) is 18.8 Å². The molecule has 1 N–H and O–H groups in total. The highest BCUT2D eigenvalue weighted by atomic mass is 16.5. The summed E-state index contributed by atoms with van der Waals surface area (Å²) in [6.45, 7) is 2.29. The van der Waals surface area contributed by atoms with Gasteiger partial charge in [-0.25, -0.2) is 4.68 Å². The molecule has 1 fully saturated rings. The average molecular weight is 385 g/mol. The molecular formula is C20H27N5O3. The Morgan fingerprint density at radius 1 is 1.21 bits per heavy atom. The van der Waals surface area contributed by atoms with Crippen LogP contribution in [-0.2, 0) is 16.0 Å². The molecular weight excluding hydrogens is 358 g/mol. The van der Waals surface area contributed by atoms with E-state index in [1.807, 2.05) is 35.2 Å². The van der Waals surface area contributed by atoms with Crippen molar-refractivity contribution in [2.24, 2.45) is 0 Å². The Labute approximate surface area is 164 Å². The minimum Gasteiger partial charge on any atom is -0.383 e. The molecule has 0 saturated carbocycles. The van der Waals surface area contributed by atoms with Gasteiger partial charge in [-0.1, -0.05) is 35.5 Å². The number of carbonyl (C=O) groups is 2. The standard InChI is InChI=1S/C20H27N5O3/c1-28-14-11-21-20(27)18-15-25(23-22-18)17-9-12-24(13-10-17)19(26)8-7-16-5-3-2-4-6-16/h2-6,15,17H,7-14H2,1H3,(H,21,27). The Hall–Kier alpha value is -2.74. The third kappa shape index (κ3) is 5.39. The van der Waals surface area contributed by atoms with Crippen molar-refractivity contribution in [2.75, 3.05) is 33.4 Å². The SMILES string of the molecule is COCCNC(=O)c1cn(C2CCN(C(=O)CCc3ccccc3)CC2)nn1. The predicted octanol–water partition coefficient (Wildman–Crippen LogP) is 1.45. The molecule has 8 nitrogen and oxygen atoms in total. The molecule has 1 aromatic carbocycles. The number of methoxy groups -OCH3 is 1. The van der Waals surface area contributed by atoms with Gasteiger partial charge in [0.1, 0.15) is 0 Å². The van der Waals surface area contributed by atoms with Crippen LogP contribution in [0.15, 0.2) is 36.5 Å². The number of ether oxygens (including phenoxy) is 1. The van der Waals surface area contributed by atoms with Gasteiger partial charge in [-0.05, 0) is 24.8 Å². The molecule has 8 heteroatoms. The molecule has 1 aliphatic rings. The second-order valence-electron chi connectivity index (χ2n) is 6.93. The highest BCUT2D eigenvalue weighted by Crippen LogP contribution is 2.22. The van der Waals surface area contributed by atoms with Crippen LogP contribution in [0.5, 0.6) is 0 Å². The summed E-state index contributed by atoms with van der Waals surface area (Å²) in [5, 5.41) is 10.8. The van der Waals surface area contributed by atoms with Gasteiger partial charge in [-0.3, -0.25) is 9.59 Å². The second-order valence-corrected chi connectivity index (χ2v) is 6.93. The van der Waals surface area contributed by atoms with Crippen LogP contribution in [0.1, 0.15) is 41.4 Å². The van der Waals surface area contributed by atoms with Crippen LogP contribution in [0.2, 0.25) is 0 Å². The largest absolute Gasteiger partial charge is 0.383 e. The molecule has 0 unspecified atom stereocenters. The van der Waals surface area contributed by atoms with E-state index >= 15 is 0 Å². The summed E-state index contributed by atoms with van der Waals surface area (Å²) in [4.78, 5) is 26.4. The first-order chi connectivity index (χ1) is 13.7. The van der Waals surface area contributed by atoms with Crippen LogP contribution in [0, 0.1) is 0 Å². The summed E-state index contributed by atoms with van der Waals surface area (Å²) in [7, 11) is 1.58. The molecule has 0 bridgehead atoms. The lowest BCUT2D eigenvalue weighted by molar-refractivity contribution is -0.132. The number of amides is 2. The molecule has 3 rings (SSSR count). The van der Waals surface area contributed by atoms with Crippen molar-refractivity contribution in [3.05, 3.63) is 47.8 Å². The Balaban J connectivity index is 1.45. The van der Waals surface area contributed by atoms with Crippen molar-refractivity contribution in [2.45, 2.75) is 31.7 Å². The van der Waals surface area contributed by atoms with Gasteiger partial charge >= 0.3 is 0 Å². The van der Waals surface area contributed by atoms with Crippen LogP contribution in [0.4, 0.5) is 0 Å². The molecule has 28 heavy (non-hydrogen) atoms. The van der Waals surface area contributed by atoms with Crippen LogP contribution < -0.4 is 5.32 Å². The van der Waals surface area contributed by atoms with E-state index in [4.69, 9.17) is 4.74 Å². The lowest BCUT2D eigenvalue weighted by Crippen LogP contribution is -2.39. The zero-order chi connectivity index (χ0) is 19.8. The molecule has 0 atom stereocenters. The first-order valence-electron chi connectivity index (χ1n) is 9.68. The Morgan fingerprint density at radius 2 is 1.96 bits per heavy atom. The third-order valence-corrected chi connectivity index (χ3v) is 5.00. The van der Waals surface area contributed by atoms with E-state index < -0.39 is 0 Å². The van der Waals surface area contributed by atoms with E-state index in [1.165, 1.54) is 5.56 Å². The molecule has 1 saturated heterocycles. The van der Waals surface area contributed by atoms with Crippen LogP contribution in [0.3, 0.4) is 0 Å². The average Bonchev–Trinajstić information content (AvgIpc) is 3.23. The fourth-order valence-electron chi connectivity index (χ4n) is 3.35. The number of likely N-dealkylation sites (tertiary alicyclic amines) is 1. The van der Waals surface area contributed by atoms with Crippen LogP contribution >= 0.6 is 0 Å². The highest BCUT2D eigenvalue weighted by Gasteiger charge is 2.25. The maximum absolute atomic E-state index is 12.5. The highest BCUT2D eigenvalue weighted by molar-refractivity contribution is 5.91. The molecule has 1 aliphatic heterocycles. The zero-order valence-corrected chi connectivity index (χ0v) is 16.2. The van der Waals surface area contributed by atoms with Crippen molar-refractivity contribution in [3.8, 4) is 0 Å². The lowest BCUT2D eigenvalue weighted by Gasteiger charge is -2.32. The number of aryl methyl sites for hydroxylation is 1. The first kappa shape index (κ1) is 20.0. The molecule has 0 aliphatic carbocycles. The number of nitrogens with zero attached hydrogens (tertiary/aromatic N) is 4. The normalized spacial score (nSPS) is 14.8. The van der Waals surface area contributed by atoms with Gasteiger partial charge in [-0.2, -0.15) is 0 Å². The summed E-state index contributed by atoms with van der Waals surface area (Å²) in [6.07, 6.45) is 4.60. The van der Waals surface area contributed by atoms with E-state index in [-0.39, 0.29) is 17.9 Å². The van der Waals surface area contributed by atoms with Gasteiger partial charge < -0.3 is 15.0 Å². The number of hydrogen-bond donors (Lipinski definition) is 1. The fraction of sp³-hybridized carbons (Fsp3) is 0.500. The number of rotatable bonds is 8. The smallest absolute Gasteiger partial charge is 0.273 e. The second kappa shape index (κ2) is 9.98. The van der Waals surface area contributed by atoms with Gasteiger partial charge in [0, 0.05) is 33.2 Å². The van der Waals surface area contributed by atoms with Crippen LogP contribution in [-0.4, -0.2) is 65.1 Å². The summed E-state index contributed by atoms with van der Waals surface area (Å²) in [6, 6.07) is 10.2. The summed E-state index contributed by atoms with van der Waals surface area (Å²) in [5.41, 5.74) is 1.49. The molecule has 0 spiro atoms. The number of aromatic nitrogens is 3. The molecule has 1 aromatic heterocycles.